The summed E-state index contributed by atoms with van der Waals surface area (Å²) < 4.78 is 11.1. The Morgan fingerprint density at radius 1 is 1.38 bits per heavy atom. The third-order valence-electron chi connectivity index (χ3n) is 4.25. The molecule has 2 saturated heterocycles. The molecule has 6 nitrogen and oxygen atoms in total. The molecule has 2 aliphatic rings. The molecule has 0 saturated carbocycles. The van der Waals surface area contributed by atoms with Gasteiger partial charge in [-0.1, -0.05) is 0 Å². The fraction of sp³-hybridized carbons (Fsp3) is 0.667. The second-order valence-electron chi connectivity index (χ2n) is 6.12. The number of furan rings is 1. The first-order valence-corrected chi connectivity index (χ1v) is 7.45. The summed E-state index contributed by atoms with van der Waals surface area (Å²) in [5.74, 6) is 0.392. The number of carbonyl (C=O) groups excluding carboxylic acids is 1. The van der Waals surface area contributed by atoms with Gasteiger partial charge in [0.05, 0.1) is 25.2 Å². The van der Waals surface area contributed by atoms with Crippen molar-refractivity contribution >= 4 is 6.03 Å². The lowest BCUT2D eigenvalue weighted by Gasteiger charge is -2.24. The van der Waals surface area contributed by atoms with Gasteiger partial charge in [0.2, 0.25) is 0 Å². The Morgan fingerprint density at radius 3 is 2.95 bits per heavy atom. The zero-order chi connectivity index (χ0) is 14.8. The number of likely N-dealkylation sites (tertiary alicyclic amines) is 1. The number of nitrogens with zero attached hydrogens (tertiary/aromatic N) is 3. The number of urea groups is 1. The van der Waals surface area contributed by atoms with Crippen LogP contribution < -0.4 is 0 Å². The van der Waals surface area contributed by atoms with Crippen molar-refractivity contribution in [2.24, 2.45) is 5.92 Å². The summed E-state index contributed by atoms with van der Waals surface area (Å²) in [5, 5.41) is 0. The van der Waals surface area contributed by atoms with Gasteiger partial charge in [0.25, 0.3) is 0 Å². The van der Waals surface area contributed by atoms with E-state index < -0.39 is 0 Å². The summed E-state index contributed by atoms with van der Waals surface area (Å²) in [7, 11) is 3.59. The van der Waals surface area contributed by atoms with E-state index in [-0.39, 0.29) is 12.1 Å². The molecule has 21 heavy (non-hydrogen) atoms. The third kappa shape index (κ3) is 3.22. The second kappa shape index (κ2) is 6.07. The Kier molecular flexibility index (Phi) is 4.17. The molecular formula is C15H23N3O3. The predicted octanol–water partition coefficient (Wildman–Crippen LogP) is 1.09. The SMILES string of the molecule is CN(C)C(=O)N1C[C@@H]2CN(Cc3ccoc3)CCO[C@@H]2C1. The van der Waals surface area contributed by atoms with Gasteiger partial charge in [-0.3, -0.25) is 4.90 Å². The van der Waals surface area contributed by atoms with Crippen molar-refractivity contribution in [1.29, 1.82) is 0 Å². The van der Waals surface area contributed by atoms with E-state index >= 15 is 0 Å². The first-order chi connectivity index (χ1) is 10.1. The van der Waals surface area contributed by atoms with Gasteiger partial charge in [-0.15, -0.1) is 0 Å². The molecule has 0 bridgehead atoms. The number of amides is 2. The van der Waals surface area contributed by atoms with Gasteiger partial charge in [-0.05, 0) is 6.07 Å². The number of hydrogen-bond acceptors (Lipinski definition) is 4. The van der Waals surface area contributed by atoms with Gasteiger partial charge in [0.15, 0.2) is 0 Å². The Hall–Kier alpha value is -1.53. The second-order valence-corrected chi connectivity index (χ2v) is 6.12. The molecule has 6 heteroatoms. The first-order valence-electron chi connectivity index (χ1n) is 7.45. The normalized spacial score (nSPS) is 26.5. The molecule has 116 valence electrons. The molecule has 1 aromatic rings. The lowest BCUT2D eigenvalue weighted by atomic mass is 10.1. The van der Waals surface area contributed by atoms with E-state index in [1.165, 1.54) is 5.56 Å². The molecule has 2 amide bonds. The van der Waals surface area contributed by atoms with E-state index in [9.17, 15) is 4.79 Å². The Labute approximate surface area is 125 Å². The summed E-state index contributed by atoms with van der Waals surface area (Å²) in [4.78, 5) is 18.0. The van der Waals surface area contributed by atoms with Gasteiger partial charge >= 0.3 is 6.03 Å². The van der Waals surface area contributed by atoms with Crippen LogP contribution in [-0.4, -0.2) is 73.7 Å². The van der Waals surface area contributed by atoms with E-state index in [0.29, 0.717) is 12.5 Å². The average Bonchev–Trinajstić information content (AvgIpc) is 3.05. The highest BCUT2D eigenvalue weighted by Gasteiger charge is 2.38. The minimum atomic E-state index is 0.0769. The van der Waals surface area contributed by atoms with E-state index in [4.69, 9.17) is 9.15 Å². The van der Waals surface area contributed by atoms with Crippen LogP contribution in [0.2, 0.25) is 0 Å². The number of ether oxygens (including phenoxy) is 1. The van der Waals surface area contributed by atoms with Crippen LogP contribution in [0.25, 0.3) is 0 Å². The smallest absolute Gasteiger partial charge is 0.319 e. The maximum absolute atomic E-state index is 12.1. The lowest BCUT2D eigenvalue weighted by molar-refractivity contribution is 0.0523. The van der Waals surface area contributed by atoms with Crippen molar-refractivity contribution in [3.05, 3.63) is 24.2 Å². The molecule has 0 unspecified atom stereocenters. The first kappa shape index (κ1) is 14.4. The molecule has 3 rings (SSSR count). The molecule has 1 aromatic heterocycles. The van der Waals surface area contributed by atoms with Crippen LogP contribution in [0.5, 0.6) is 0 Å². The minimum Gasteiger partial charge on any atom is -0.472 e. The highest BCUT2D eigenvalue weighted by Crippen LogP contribution is 2.25. The van der Waals surface area contributed by atoms with Crippen molar-refractivity contribution in [1.82, 2.24) is 14.7 Å². The molecular weight excluding hydrogens is 270 g/mol. The van der Waals surface area contributed by atoms with Crippen LogP contribution in [0.1, 0.15) is 5.56 Å². The van der Waals surface area contributed by atoms with Crippen LogP contribution in [-0.2, 0) is 11.3 Å². The van der Waals surface area contributed by atoms with Gasteiger partial charge in [-0.2, -0.15) is 0 Å². The quantitative estimate of drug-likeness (QED) is 0.819. The van der Waals surface area contributed by atoms with Crippen molar-refractivity contribution in [2.45, 2.75) is 12.6 Å². The maximum Gasteiger partial charge on any atom is 0.319 e. The van der Waals surface area contributed by atoms with Gasteiger partial charge in [0, 0.05) is 58.3 Å². The molecule has 0 radical (unpaired) electrons. The molecule has 2 aliphatic heterocycles. The van der Waals surface area contributed by atoms with E-state index in [1.807, 2.05) is 11.0 Å². The molecule has 2 atom stereocenters. The Bertz CT molecular complexity index is 475. The van der Waals surface area contributed by atoms with Crippen LogP contribution in [0.3, 0.4) is 0 Å². The summed E-state index contributed by atoms with van der Waals surface area (Å²) in [6, 6.07) is 2.08. The monoisotopic (exact) mass is 293 g/mol. The lowest BCUT2D eigenvalue weighted by Crippen LogP contribution is -2.39. The fourth-order valence-corrected chi connectivity index (χ4v) is 3.19. The largest absolute Gasteiger partial charge is 0.472 e. The number of hydrogen-bond donors (Lipinski definition) is 0. The third-order valence-corrected chi connectivity index (χ3v) is 4.25. The van der Waals surface area contributed by atoms with Crippen molar-refractivity contribution in [3.8, 4) is 0 Å². The zero-order valence-corrected chi connectivity index (χ0v) is 12.7. The highest BCUT2D eigenvalue weighted by molar-refractivity contribution is 5.74. The number of rotatable bonds is 2. The van der Waals surface area contributed by atoms with Crippen molar-refractivity contribution in [3.63, 3.8) is 0 Å². The van der Waals surface area contributed by atoms with Gasteiger partial charge in [0.1, 0.15) is 0 Å². The summed E-state index contributed by atoms with van der Waals surface area (Å²) in [6.45, 7) is 4.99. The van der Waals surface area contributed by atoms with E-state index in [2.05, 4.69) is 4.90 Å². The summed E-state index contributed by atoms with van der Waals surface area (Å²) >= 11 is 0. The average molecular weight is 293 g/mol. The zero-order valence-electron chi connectivity index (χ0n) is 12.7. The molecule has 2 fully saturated rings. The van der Waals surface area contributed by atoms with Crippen LogP contribution in [0.15, 0.2) is 23.0 Å². The number of carbonyl (C=O) groups is 1. The fourth-order valence-electron chi connectivity index (χ4n) is 3.19. The molecule has 0 spiro atoms. The maximum atomic E-state index is 12.1. The Balaban J connectivity index is 1.61. The van der Waals surface area contributed by atoms with Crippen LogP contribution >= 0.6 is 0 Å². The molecule has 0 aromatic carbocycles. The van der Waals surface area contributed by atoms with E-state index in [0.717, 1.165) is 32.8 Å². The summed E-state index contributed by atoms with van der Waals surface area (Å²) in [6.07, 6.45) is 3.67. The van der Waals surface area contributed by atoms with Crippen molar-refractivity contribution in [2.75, 3.05) is 46.9 Å². The molecule has 0 aliphatic carbocycles. The molecule has 3 heterocycles. The predicted molar refractivity (Wildman–Crippen MR) is 77.9 cm³/mol. The van der Waals surface area contributed by atoms with Gasteiger partial charge in [-0.25, -0.2) is 4.79 Å². The molecule has 0 N–H and O–H groups in total. The number of fused-ring (bicyclic) bond motifs is 1. The van der Waals surface area contributed by atoms with Crippen molar-refractivity contribution < 1.29 is 13.9 Å². The summed E-state index contributed by atoms with van der Waals surface area (Å²) in [5.41, 5.74) is 1.19. The minimum absolute atomic E-state index is 0.0769. The van der Waals surface area contributed by atoms with E-state index in [1.54, 1.807) is 31.5 Å². The Morgan fingerprint density at radius 2 is 2.24 bits per heavy atom. The van der Waals surface area contributed by atoms with Crippen LogP contribution in [0.4, 0.5) is 4.79 Å². The van der Waals surface area contributed by atoms with Crippen LogP contribution in [0, 0.1) is 5.92 Å². The topological polar surface area (TPSA) is 49.2 Å². The van der Waals surface area contributed by atoms with Gasteiger partial charge < -0.3 is 19.0 Å². The highest BCUT2D eigenvalue weighted by atomic mass is 16.5. The standard InChI is InChI=1S/C15H23N3O3/c1-16(2)15(19)18-9-13-8-17(4-6-21-14(13)10-18)7-12-3-5-20-11-12/h3,5,11,13-14H,4,6-10H2,1-2H3/t13-,14+/m0/s1.